The van der Waals surface area contributed by atoms with Gasteiger partial charge in [0, 0.05) is 30.1 Å². The minimum absolute atomic E-state index is 0.0928. The van der Waals surface area contributed by atoms with Gasteiger partial charge in [-0.05, 0) is 69.5 Å². The quantitative estimate of drug-likeness (QED) is 0.364. The fraction of sp³-hybridized carbons (Fsp3) is 0.379. The van der Waals surface area contributed by atoms with Gasteiger partial charge in [-0.1, -0.05) is 36.3 Å². The lowest BCUT2D eigenvalue weighted by molar-refractivity contribution is -0.128. The van der Waals surface area contributed by atoms with Crippen LogP contribution in [0.25, 0.3) is 0 Å². The summed E-state index contributed by atoms with van der Waals surface area (Å²) in [5, 5.41) is 9.48. The third-order valence-corrected chi connectivity index (χ3v) is 6.29. The third-order valence-electron chi connectivity index (χ3n) is 6.29. The highest BCUT2D eigenvalue weighted by molar-refractivity contribution is 6.03. The van der Waals surface area contributed by atoms with E-state index in [2.05, 4.69) is 15.8 Å². The molecule has 0 aliphatic rings. The van der Waals surface area contributed by atoms with Gasteiger partial charge < -0.3 is 19.9 Å². The van der Waals surface area contributed by atoms with Crippen LogP contribution in [0, 0.1) is 13.8 Å². The number of anilines is 2. The van der Waals surface area contributed by atoms with Gasteiger partial charge in [-0.3, -0.25) is 19.3 Å². The standard InChI is InChI=1S/C29H36N4O5/c1-7-29(4,5)31-28(36)27(21-11-13-23(37-6)14-12-21)33(22-10-8-9-19(2)17-22)26(35)16-15-25(34)30-24-18-20(3)38-32-24/h8-14,17-18,27H,7,15-16H2,1-6H3,(H,31,36)(H,30,32,34)/t27-/m1/s1. The van der Waals surface area contributed by atoms with E-state index in [1.807, 2.05) is 45.9 Å². The van der Waals surface area contributed by atoms with Gasteiger partial charge in [0.1, 0.15) is 17.6 Å². The second kappa shape index (κ2) is 12.4. The number of benzene rings is 2. The van der Waals surface area contributed by atoms with E-state index in [-0.39, 0.29) is 36.4 Å². The van der Waals surface area contributed by atoms with E-state index in [1.54, 1.807) is 50.4 Å². The summed E-state index contributed by atoms with van der Waals surface area (Å²) >= 11 is 0. The molecule has 0 saturated carbocycles. The van der Waals surface area contributed by atoms with E-state index in [1.165, 1.54) is 4.90 Å². The molecule has 1 heterocycles. The van der Waals surface area contributed by atoms with Gasteiger partial charge in [-0.25, -0.2) is 0 Å². The summed E-state index contributed by atoms with van der Waals surface area (Å²) in [5.74, 6) is 0.410. The van der Waals surface area contributed by atoms with Gasteiger partial charge in [0.2, 0.25) is 17.7 Å². The molecular weight excluding hydrogens is 484 g/mol. The molecule has 3 aromatic rings. The number of nitrogens with zero attached hydrogens (tertiary/aromatic N) is 2. The maximum Gasteiger partial charge on any atom is 0.248 e. The number of carbonyl (C=O) groups is 3. The molecule has 38 heavy (non-hydrogen) atoms. The van der Waals surface area contributed by atoms with Crippen molar-refractivity contribution < 1.29 is 23.6 Å². The highest BCUT2D eigenvalue weighted by atomic mass is 16.5. The van der Waals surface area contributed by atoms with Gasteiger partial charge in [0.25, 0.3) is 0 Å². The molecule has 0 spiro atoms. The smallest absolute Gasteiger partial charge is 0.248 e. The van der Waals surface area contributed by atoms with Crippen LogP contribution >= 0.6 is 0 Å². The monoisotopic (exact) mass is 520 g/mol. The zero-order valence-electron chi connectivity index (χ0n) is 22.8. The Kier molecular flexibility index (Phi) is 9.28. The van der Waals surface area contributed by atoms with Gasteiger partial charge in [-0.2, -0.15) is 0 Å². The van der Waals surface area contributed by atoms with Crippen LogP contribution in [0.3, 0.4) is 0 Å². The van der Waals surface area contributed by atoms with Crippen molar-refractivity contribution in [2.45, 2.75) is 65.5 Å². The number of carbonyl (C=O) groups excluding carboxylic acids is 3. The lowest BCUT2D eigenvalue weighted by Crippen LogP contribution is -2.50. The van der Waals surface area contributed by atoms with Crippen molar-refractivity contribution in [1.29, 1.82) is 0 Å². The van der Waals surface area contributed by atoms with Gasteiger partial charge >= 0.3 is 0 Å². The molecule has 202 valence electrons. The summed E-state index contributed by atoms with van der Waals surface area (Å²) in [7, 11) is 1.57. The highest BCUT2D eigenvalue weighted by Crippen LogP contribution is 2.31. The Hall–Kier alpha value is -4.14. The Morgan fingerprint density at radius 1 is 1.05 bits per heavy atom. The normalized spacial score (nSPS) is 11.9. The third kappa shape index (κ3) is 7.44. The van der Waals surface area contributed by atoms with Gasteiger partial charge in [0.15, 0.2) is 5.82 Å². The lowest BCUT2D eigenvalue weighted by atomic mass is 9.97. The average molecular weight is 521 g/mol. The first-order valence-electron chi connectivity index (χ1n) is 12.6. The zero-order valence-corrected chi connectivity index (χ0v) is 22.8. The zero-order chi connectivity index (χ0) is 27.9. The number of hydrogen-bond donors (Lipinski definition) is 2. The van der Waals surface area contributed by atoms with Gasteiger partial charge in [-0.15, -0.1) is 0 Å². The van der Waals surface area contributed by atoms with Crippen molar-refractivity contribution in [3.63, 3.8) is 0 Å². The Balaban J connectivity index is 1.97. The predicted molar refractivity (Wildman–Crippen MR) is 146 cm³/mol. The molecule has 9 nitrogen and oxygen atoms in total. The van der Waals surface area contributed by atoms with Crippen molar-refractivity contribution in [2.24, 2.45) is 0 Å². The summed E-state index contributed by atoms with van der Waals surface area (Å²) < 4.78 is 10.3. The van der Waals surface area contributed by atoms with Crippen molar-refractivity contribution in [3.05, 3.63) is 71.5 Å². The summed E-state index contributed by atoms with van der Waals surface area (Å²) in [4.78, 5) is 41.7. The molecule has 9 heteroatoms. The molecule has 2 aromatic carbocycles. The Labute approximate surface area is 223 Å². The molecule has 0 bridgehead atoms. The van der Waals surface area contributed by atoms with E-state index in [9.17, 15) is 14.4 Å². The van der Waals surface area contributed by atoms with Crippen LogP contribution in [-0.2, 0) is 14.4 Å². The first-order valence-corrected chi connectivity index (χ1v) is 12.6. The van der Waals surface area contributed by atoms with Crippen LogP contribution in [0.15, 0.2) is 59.1 Å². The van der Waals surface area contributed by atoms with E-state index in [0.29, 0.717) is 29.2 Å². The molecule has 3 amide bonds. The molecule has 0 saturated heterocycles. The molecule has 1 atom stereocenters. The topological polar surface area (TPSA) is 114 Å². The predicted octanol–water partition coefficient (Wildman–Crippen LogP) is 5.10. The number of amides is 3. The van der Waals surface area contributed by atoms with E-state index in [4.69, 9.17) is 9.26 Å². The summed E-state index contributed by atoms with van der Waals surface area (Å²) in [6.45, 7) is 9.49. The molecule has 1 aromatic heterocycles. The molecule has 0 unspecified atom stereocenters. The van der Waals surface area contributed by atoms with Crippen molar-refractivity contribution >= 4 is 29.2 Å². The number of aromatic nitrogens is 1. The first kappa shape index (κ1) is 28.4. The van der Waals surface area contributed by atoms with Crippen LogP contribution in [0.1, 0.15) is 63.0 Å². The van der Waals surface area contributed by atoms with Crippen LogP contribution in [0.2, 0.25) is 0 Å². The summed E-state index contributed by atoms with van der Waals surface area (Å²) in [5.41, 5.74) is 1.63. The highest BCUT2D eigenvalue weighted by Gasteiger charge is 2.35. The molecule has 3 rings (SSSR count). The lowest BCUT2D eigenvalue weighted by Gasteiger charge is -2.35. The van der Waals surface area contributed by atoms with Crippen molar-refractivity contribution in [3.8, 4) is 5.75 Å². The number of ether oxygens (including phenoxy) is 1. The second-order valence-electron chi connectivity index (χ2n) is 9.88. The number of nitrogens with one attached hydrogen (secondary N) is 2. The molecule has 2 N–H and O–H groups in total. The first-order chi connectivity index (χ1) is 18.0. The minimum Gasteiger partial charge on any atom is -0.497 e. The Bertz CT molecular complexity index is 1270. The fourth-order valence-corrected chi connectivity index (χ4v) is 3.88. The van der Waals surface area contributed by atoms with E-state index in [0.717, 1.165) is 5.56 Å². The molecule has 0 aliphatic carbocycles. The van der Waals surface area contributed by atoms with Gasteiger partial charge in [0.05, 0.1) is 7.11 Å². The number of aryl methyl sites for hydroxylation is 2. The largest absolute Gasteiger partial charge is 0.497 e. The Morgan fingerprint density at radius 3 is 2.34 bits per heavy atom. The molecular formula is C29H36N4O5. The minimum atomic E-state index is -0.970. The number of hydrogen-bond acceptors (Lipinski definition) is 6. The average Bonchev–Trinajstić information content (AvgIpc) is 3.29. The molecule has 0 fully saturated rings. The second-order valence-corrected chi connectivity index (χ2v) is 9.88. The fourth-order valence-electron chi connectivity index (χ4n) is 3.88. The molecule has 0 aliphatic heterocycles. The van der Waals surface area contributed by atoms with Crippen LogP contribution in [-0.4, -0.2) is 35.5 Å². The number of rotatable bonds is 11. The van der Waals surface area contributed by atoms with Crippen LogP contribution in [0.5, 0.6) is 5.75 Å². The van der Waals surface area contributed by atoms with E-state index < -0.39 is 11.6 Å². The Morgan fingerprint density at radius 2 is 1.76 bits per heavy atom. The summed E-state index contributed by atoms with van der Waals surface area (Å²) in [6, 6.07) is 15.1. The van der Waals surface area contributed by atoms with Crippen molar-refractivity contribution in [1.82, 2.24) is 10.5 Å². The maximum absolute atomic E-state index is 13.8. The van der Waals surface area contributed by atoms with Crippen LogP contribution in [0.4, 0.5) is 11.5 Å². The maximum atomic E-state index is 13.8. The van der Waals surface area contributed by atoms with Crippen molar-refractivity contribution in [2.75, 3.05) is 17.3 Å². The number of methoxy groups -OCH3 is 1. The SMILES string of the molecule is CCC(C)(C)NC(=O)[C@@H](c1ccc(OC)cc1)N(C(=O)CCC(=O)Nc1cc(C)on1)c1cccc(C)c1. The van der Waals surface area contributed by atoms with Crippen LogP contribution < -0.4 is 20.3 Å². The summed E-state index contributed by atoms with van der Waals surface area (Å²) in [6.07, 6.45) is 0.492. The van der Waals surface area contributed by atoms with E-state index >= 15 is 0 Å². The molecule has 0 radical (unpaired) electrons.